The fourth-order valence-corrected chi connectivity index (χ4v) is 2.41. The molecule has 1 aromatic carbocycles. The highest BCUT2D eigenvalue weighted by molar-refractivity contribution is 5.79. The van der Waals surface area contributed by atoms with Crippen LogP contribution in [0.15, 0.2) is 24.3 Å². The summed E-state index contributed by atoms with van der Waals surface area (Å²) < 4.78 is 28.3. The van der Waals surface area contributed by atoms with E-state index in [1.807, 2.05) is 0 Å². The highest BCUT2D eigenvalue weighted by Crippen LogP contribution is 2.16. The summed E-state index contributed by atoms with van der Waals surface area (Å²) in [7, 11) is 0. The zero-order chi connectivity index (χ0) is 15.2. The molecule has 0 aliphatic carbocycles. The van der Waals surface area contributed by atoms with Crippen molar-refractivity contribution in [3.05, 3.63) is 29.8 Å². The summed E-state index contributed by atoms with van der Waals surface area (Å²) in [6, 6.07) is 6.28. The fraction of sp³-hybridized carbons (Fsp3) is 0.533. The van der Waals surface area contributed by atoms with Gasteiger partial charge in [-0.05, 0) is 36.6 Å². The van der Waals surface area contributed by atoms with Crippen LogP contribution in [0, 0.1) is 5.92 Å². The lowest BCUT2D eigenvalue weighted by Crippen LogP contribution is -2.50. The van der Waals surface area contributed by atoms with Crippen LogP contribution in [0.2, 0.25) is 0 Å². The van der Waals surface area contributed by atoms with E-state index in [-0.39, 0.29) is 24.1 Å². The average molecular weight is 298 g/mol. The first kappa shape index (κ1) is 15.7. The quantitative estimate of drug-likeness (QED) is 0.873. The minimum absolute atomic E-state index is 0.0573. The van der Waals surface area contributed by atoms with E-state index in [1.54, 1.807) is 12.1 Å². The van der Waals surface area contributed by atoms with Crippen molar-refractivity contribution in [2.45, 2.75) is 32.4 Å². The predicted molar refractivity (Wildman–Crippen MR) is 75.4 cm³/mol. The smallest absolute Gasteiger partial charge is 0.387 e. The van der Waals surface area contributed by atoms with Gasteiger partial charge in [0.2, 0.25) is 5.91 Å². The summed E-state index contributed by atoms with van der Waals surface area (Å²) in [4.78, 5) is 12.0. The Morgan fingerprint density at radius 2 is 2.14 bits per heavy atom. The molecule has 0 bridgehead atoms. The zero-order valence-electron chi connectivity index (χ0n) is 11.9. The van der Waals surface area contributed by atoms with Gasteiger partial charge in [-0.3, -0.25) is 4.79 Å². The topological polar surface area (TPSA) is 50.4 Å². The number of carbonyl (C=O) groups excluding carboxylic acids is 1. The molecule has 1 aromatic rings. The molecule has 1 amide bonds. The largest absolute Gasteiger partial charge is 0.435 e. The van der Waals surface area contributed by atoms with Gasteiger partial charge in [0.1, 0.15) is 5.75 Å². The second-order valence-corrected chi connectivity index (χ2v) is 5.34. The molecule has 1 saturated heterocycles. The maximum Gasteiger partial charge on any atom is 0.387 e. The third-order valence-electron chi connectivity index (χ3n) is 3.69. The van der Waals surface area contributed by atoms with E-state index in [1.165, 1.54) is 12.1 Å². The molecule has 1 aliphatic rings. The molecular weight excluding hydrogens is 278 g/mol. The van der Waals surface area contributed by atoms with E-state index < -0.39 is 6.61 Å². The highest BCUT2D eigenvalue weighted by Gasteiger charge is 2.22. The van der Waals surface area contributed by atoms with Crippen molar-refractivity contribution in [2.24, 2.45) is 5.92 Å². The van der Waals surface area contributed by atoms with E-state index >= 15 is 0 Å². The van der Waals surface area contributed by atoms with Crippen LogP contribution in [0.25, 0.3) is 0 Å². The Kier molecular flexibility index (Phi) is 5.50. The maximum atomic E-state index is 12.0. The molecule has 4 nitrogen and oxygen atoms in total. The lowest BCUT2D eigenvalue weighted by Gasteiger charge is -2.30. The molecule has 1 heterocycles. The normalized spacial score (nSPS) is 22.1. The fourth-order valence-electron chi connectivity index (χ4n) is 2.41. The van der Waals surface area contributed by atoms with Crippen LogP contribution in [-0.4, -0.2) is 31.7 Å². The Bertz CT molecular complexity index is 465. The summed E-state index contributed by atoms with van der Waals surface area (Å²) >= 11 is 0. The first-order valence-corrected chi connectivity index (χ1v) is 7.08. The Hall–Kier alpha value is -1.69. The molecular formula is C15H20F2N2O2. The summed E-state index contributed by atoms with van der Waals surface area (Å²) in [6.07, 6.45) is 1.28. The molecule has 116 valence electrons. The van der Waals surface area contributed by atoms with Gasteiger partial charge in [-0.15, -0.1) is 0 Å². The first-order valence-electron chi connectivity index (χ1n) is 7.08. The van der Waals surface area contributed by atoms with Gasteiger partial charge in [0.15, 0.2) is 0 Å². The van der Waals surface area contributed by atoms with Crippen molar-refractivity contribution in [1.82, 2.24) is 10.6 Å². The van der Waals surface area contributed by atoms with E-state index in [2.05, 4.69) is 22.3 Å². The second kappa shape index (κ2) is 7.36. The molecule has 0 saturated carbocycles. The van der Waals surface area contributed by atoms with E-state index in [0.717, 1.165) is 25.1 Å². The summed E-state index contributed by atoms with van der Waals surface area (Å²) in [5, 5.41) is 6.27. The minimum Gasteiger partial charge on any atom is -0.435 e. The molecule has 2 rings (SSSR count). The second-order valence-electron chi connectivity index (χ2n) is 5.34. The Balaban J connectivity index is 1.84. The van der Waals surface area contributed by atoms with Crippen LogP contribution in [0.5, 0.6) is 5.75 Å². The van der Waals surface area contributed by atoms with Crippen molar-refractivity contribution in [2.75, 3.05) is 13.1 Å². The molecule has 0 spiro atoms. The molecule has 6 heteroatoms. The number of hydrogen-bond donors (Lipinski definition) is 2. The number of piperidine rings is 1. The maximum absolute atomic E-state index is 12.0. The monoisotopic (exact) mass is 298 g/mol. The van der Waals surface area contributed by atoms with Gasteiger partial charge in [-0.2, -0.15) is 8.78 Å². The minimum atomic E-state index is -2.83. The summed E-state index contributed by atoms with van der Waals surface area (Å²) in [5.74, 6) is 0.495. The number of carbonyl (C=O) groups is 1. The highest BCUT2D eigenvalue weighted by atomic mass is 19.3. The average Bonchev–Trinajstić information content (AvgIpc) is 2.43. The Morgan fingerprint density at radius 1 is 1.43 bits per heavy atom. The van der Waals surface area contributed by atoms with Crippen LogP contribution in [0.4, 0.5) is 8.78 Å². The third kappa shape index (κ3) is 4.97. The van der Waals surface area contributed by atoms with Crippen molar-refractivity contribution in [3.63, 3.8) is 0 Å². The first-order chi connectivity index (χ1) is 10.0. The van der Waals surface area contributed by atoms with Gasteiger partial charge in [0.25, 0.3) is 0 Å². The lowest BCUT2D eigenvalue weighted by atomic mass is 9.94. The molecule has 2 atom stereocenters. The Morgan fingerprint density at radius 3 is 2.76 bits per heavy atom. The lowest BCUT2D eigenvalue weighted by molar-refractivity contribution is -0.121. The van der Waals surface area contributed by atoms with Crippen molar-refractivity contribution in [1.29, 1.82) is 0 Å². The summed E-state index contributed by atoms with van der Waals surface area (Å²) in [6.45, 7) is 1.06. The SMILES string of the molecule is CC1CCNCC1NC(=O)Cc1ccc(OC(F)F)cc1. The van der Waals surface area contributed by atoms with Gasteiger partial charge >= 0.3 is 6.61 Å². The van der Waals surface area contributed by atoms with Gasteiger partial charge < -0.3 is 15.4 Å². The summed E-state index contributed by atoms with van der Waals surface area (Å²) in [5.41, 5.74) is 0.769. The number of halogens is 2. The van der Waals surface area contributed by atoms with Crippen LogP contribution in [0.1, 0.15) is 18.9 Å². The third-order valence-corrected chi connectivity index (χ3v) is 3.69. The van der Waals surface area contributed by atoms with Crippen molar-refractivity contribution in [3.8, 4) is 5.75 Å². The predicted octanol–water partition coefficient (Wildman–Crippen LogP) is 1.94. The van der Waals surface area contributed by atoms with Gasteiger partial charge in [-0.1, -0.05) is 19.1 Å². The van der Waals surface area contributed by atoms with Crippen LogP contribution >= 0.6 is 0 Å². The van der Waals surface area contributed by atoms with E-state index in [4.69, 9.17) is 0 Å². The number of rotatable bonds is 5. The van der Waals surface area contributed by atoms with Crippen LogP contribution in [-0.2, 0) is 11.2 Å². The number of hydrogen-bond acceptors (Lipinski definition) is 3. The van der Waals surface area contributed by atoms with E-state index in [0.29, 0.717) is 5.92 Å². The molecule has 1 fully saturated rings. The van der Waals surface area contributed by atoms with Crippen molar-refractivity contribution < 1.29 is 18.3 Å². The van der Waals surface area contributed by atoms with Crippen LogP contribution in [0.3, 0.4) is 0 Å². The van der Waals surface area contributed by atoms with Crippen molar-refractivity contribution >= 4 is 5.91 Å². The molecule has 21 heavy (non-hydrogen) atoms. The molecule has 1 aliphatic heterocycles. The Labute approximate surface area is 122 Å². The number of amides is 1. The van der Waals surface area contributed by atoms with Gasteiger partial charge in [0, 0.05) is 12.6 Å². The number of alkyl halides is 2. The molecule has 2 unspecified atom stereocenters. The number of benzene rings is 1. The number of nitrogens with one attached hydrogen (secondary N) is 2. The standard InChI is InChI=1S/C15H20F2N2O2/c1-10-6-7-18-9-13(10)19-14(20)8-11-2-4-12(5-3-11)21-15(16)17/h2-5,10,13,15,18H,6-9H2,1H3,(H,19,20). The number of ether oxygens (including phenoxy) is 1. The zero-order valence-corrected chi connectivity index (χ0v) is 11.9. The van der Waals surface area contributed by atoms with E-state index in [9.17, 15) is 13.6 Å². The van der Waals surface area contributed by atoms with Crippen LogP contribution < -0.4 is 15.4 Å². The molecule has 2 N–H and O–H groups in total. The molecule has 0 aromatic heterocycles. The van der Waals surface area contributed by atoms with Gasteiger partial charge in [0.05, 0.1) is 6.42 Å². The molecule has 0 radical (unpaired) electrons. The van der Waals surface area contributed by atoms with Gasteiger partial charge in [-0.25, -0.2) is 0 Å².